The van der Waals surface area contributed by atoms with Gasteiger partial charge in [-0.05, 0) is 5.92 Å². The Morgan fingerprint density at radius 1 is 1.40 bits per heavy atom. The fourth-order valence-corrected chi connectivity index (χ4v) is 2.40. The molecule has 0 spiro atoms. The van der Waals surface area contributed by atoms with Crippen molar-refractivity contribution in [3.63, 3.8) is 0 Å². The minimum Gasteiger partial charge on any atom is -0.0625 e. The van der Waals surface area contributed by atoms with Crippen molar-refractivity contribution in [2.75, 3.05) is 0 Å². The van der Waals surface area contributed by atoms with Crippen LogP contribution in [0.2, 0.25) is 4.18 Å². The summed E-state index contributed by atoms with van der Waals surface area (Å²) in [5.74, 6) is 2.01. The fraction of sp³-hybridized carbons (Fsp3) is 1.00. The van der Waals surface area contributed by atoms with Crippen molar-refractivity contribution in [3.05, 3.63) is 0 Å². The second-order valence-corrected chi connectivity index (χ2v) is 5.30. The van der Waals surface area contributed by atoms with Gasteiger partial charge in [0.1, 0.15) is 0 Å². The van der Waals surface area contributed by atoms with E-state index in [4.69, 9.17) is 0 Å². The summed E-state index contributed by atoms with van der Waals surface area (Å²) < 4.78 is 1.46. The van der Waals surface area contributed by atoms with Crippen molar-refractivity contribution in [2.24, 2.45) is 11.8 Å². The van der Waals surface area contributed by atoms with E-state index in [-0.39, 0.29) is 0 Å². The smallest absolute Gasteiger partial charge is 0.0443 e. The Balaban J connectivity index is 0.000000172. The SMILES string of the molecule is CC(C)C[CH2][In].CC1CC1. The fourth-order valence-electron chi connectivity index (χ4n) is 0.500. The summed E-state index contributed by atoms with van der Waals surface area (Å²) in [6.07, 6.45) is 4.40. The van der Waals surface area contributed by atoms with Gasteiger partial charge in [0.2, 0.25) is 0 Å². The molecule has 1 saturated carbocycles. The maximum Gasteiger partial charge on any atom is -0.0443 e. The summed E-state index contributed by atoms with van der Waals surface area (Å²) in [6, 6.07) is 0. The molecule has 2 radical (unpaired) electrons. The summed E-state index contributed by atoms with van der Waals surface area (Å²) in [7, 11) is 0. The molecule has 1 aliphatic rings. The molecule has 0 heterocycles. The molecule has 0 N–H and O–H groups in total. The molecule has 10 heavy (non-hydrogen) atoms. The molecule has 0 unspecified atom stereocenters. The van der Waals surface area contributed by atoms with E-state index in [0.717, 1.165) is 11.8 Å². The average molecular weight is 242 g/mol. The van der Waals surface area contributed by atoms with E-state index in [1.165, 1.54) is 47.8 Å². The van der Waals surface area contributed by atoms with E-state index in [9.17, 15) is 0 Å². The van der Waals surface area contributed by atoms with E-state index in [1.54, 1.807) is 0 Å². The van der Waals surface area contributed by atoms with Gasteiger partial charge in [0.15, 0.2) is 0 Å². The second kappa shape index (κ2) is 6.57. The Morgan fingerprint density at radius 2 is 1.80 bits per heavy atom. The van der Waals surface area contributed by atoms with Gasteiger partial charge in [-0.1, -0.05) is 19.8 Å². The number of hydrogen-bond acceptors (Lipinski definition) is 0. The molecule has 1 aliphatic carbocycles. The van der Waals surface area contributed by atoms with Crippen LogP contribution in [-0.4, -0.2) is 24.4 Å². The van der Waals surface area contributed by atoms with Crippen molar-refractivity contribution in [2.45, 2.75) is 44.2 Å². The molecule has 0 amide bonds. The minimum absolute atomic E-state index is 0.931. The van der Waals surface area contributed by atoms with Gasteiger partial charge in [0.25, 0.3) is 0 Å². The molecular formula is C9H19In. The number of hydrogen-bond donors (Lipinski definition) is 0. The Labute approximate surface area is 80.4 Å². The zero-order chi connectivity index (χ0) is 7.98. The van der Waals surface area contributed by atoms with Gasteiger partial charge < -0.3 is 0 Å². The molecular weight excluding hydrogens is 223 g/mol. The van der Waals surface area contributed by atoms with Gasteiger partial charge >= 0.3 is 54.7 Å². The average Bonchev–Trinajstić information content (AvgIpc) is 2.52. The predicted molar refractivity (Wildman–Crippen MR) is 48.4 cm³/mol. The first kappa shape index (κ1) is 10.9. The molecule has 0 aromatic heterocycles. The Kier molecular flexibility index (Phi) is 7.14. The number of rotatable bonds is 2. The third-order valence-corrected chi connectivity index (χ3v) is 2.56. The van der Waals surface area contributed by atoms with E-state index >= 15 is 0 Å². The first-order valence-corrected chi connectivity index (χ1v) is 6.70. The van der Waals surface area contributed by atoms with Gasteiger partial charge in [-0.25, -0.2) is 0 Å². The van der Waals surface area contributed by atoms with Crippen molar-refractivity contribution in [1.82, 2.24) is 0 Å². The predicted octanol–water partition coefficient (Wildman–Crippen LogP) is 3.04. The Morgan fingerprint density at radius 3 is 1.80 bits per heavy atom. The maximum absolute atomic E-state index is 2.28. The molecule has 0 aromatic carbocycles. The van der Waals surface area contributed by atoms with Crippen LogP contribution in [0.15, 0.2) is 0 Å². The molecule has 0 saturated heterocycles. The van der Waals surface area contributed by atoms with Crippen LogP contribution in [-0.2, 0) is 0 Å². The third kappa shape index (κ3) is 11.6. The minimum atomic E-state index is 0.931. The molecule has 58 valence electrons. The van der Waals surface area contributed by atoms with Crippen LogP contribution >= 0.6 is 0 Å². The third-order valence-electron chi connectivity index (χ3n) is 1.61. The van der Waals surface area contributed by atoms with Gasteiger partial charge in [-0.3, -0.25) is 0 Å². The van der Waals surface area contributed by atoms with Crippen LogP contribution < -0.4 is 0 Å². The summed E-state index contributed by atoms with van der Waals surface area (Å²) in [5.41, 5.74) is 0. The van der Waals surface area contributed by atoms with E-state index in [1.807, 2.05) is 0 Å². The molecule has 1 fully saturated rings. The van der Waals surface area contributed by atoms with Gasteiger partial charge in [-0.15, -0.1) is 0 Å². The standard InChI is InChI=1S/C5H11.C4H8.In/c1-4-5(2)3;1-4-2-3-4;/h5H,1,4H2,2-3H3;4H,2-3H2,1H3;. The maximum atomic E-state index is 2.28. The molecule has 1 heteroatoms. The quantitative estimate of drug-likeness (QED) is 0.698. The molecule has 0 aliphatic heterocycles. The normalized spacial score (nSPS) is 16.4. The zero-order valence-electron chi connectivity index (χ0n) is 7.56. The van der Waals surface area contributed by atoms with Crippen LogP contribution in [0.1, 0.15) is 40.0 Å². The Hall–Kier alpha value is 0.870. The van der Waals surface area contributed by atoms with Crippen LogP contribution in [0.3, 0.4) is 0 Å². The van der Waals surface area contributed by atoms with Crippen molar-refractivity contribution >= 4 is 24.4 Å². The summed E-state index contributed by atoms with van der Waals surface area (Å²) in [6.45, 7) is 6.83. The summed E-state index contributed by atoms with van der Waals surface area (Å²) >= 11 is 1.44. The monoisotopic (exact) mass is 242 g/mol. The molecule has 0 bridgehead atoms. The van der Waals surface area contributed by atoms with E-state index in [2.05, 4.69) is 20.8 Å². The summed E-state index contributed by atoms with van der Waals surface area (Å²) in [4.78, 5) is 0. The first-order chi connectivity index (χ1) is 4.66. The molecule has 0 atom stereocenters. The van der Waals surface area contributed by atoms with Crippen molar-refractivity contribution in [3.8, 4) is 0 Å². The second-order valence-electron chi connectivity index (χ2n) is 3.65. The van der Waals surface area contributed by atoms with Crippen LogP contribution in [0.5, 0.6) is 0 Å². The first-order valence-electron chi connectivity index (χ1n) is 4.37. The van der Waals surface area contributed by atoms with Crippen molar-refractivity contribution < 1.29 is 0 Å². The van der Waals surface area contributed by atoms with Gasteiger partial charge in [0.05, 0.1) is 0 Å². The van der Waals surface area contributed by atoms with Crippen LogP contribution in [0, 0.1) is 11.8 Å². The van der Waals surface area contributed by atoms with E-state index in [0.29, 0.717) is 0 Å². The molecule has 1 rings (SSSR count). The topological polar surface area (TPSA) is 0 Å². The zero-order valence-corrected chi connectivity index (χ0v) is 10.9. The van der Waals surface area contributed by atoms with Crippen molar-refractivity contribution in [1.29, 1.82) is 0 Å². The van der Waals surface area contributed by atoms with Crippen LogP contribution in [0.25, 0.3) is 0 Å². The van der Waals surface area contributed by atoms with E-state index < -0.39 is 0 Å². The summed E-state index contributed by atoms with van der Waals surface area (Å²) in [5, 5.41) is 0. The largest absolute Gasteiger partial charge is 0.0625 e. The van der Waals surface area contributed by atoms with Gasteiger partial charge in [-0.2, -0.15) is 0 Å². The van der Waals surface area contributed by atoms with Crippen LogP contribution in [0.4, 0.5) is 0 Å². The Bertz CT molecular complexity index is 65.1. The van der Waals surface area contributed by atoms with Gasteiger partial charge in [0, 0.05) is 0 Å². The molecule has 0 aromatic rings. The molecule has 0 nitrogen and oxygen atoms in total.